The first-order chi connectivity index (χ1) is 8.69. The maximum atomic E-state index is 13.1. The molecular weight excluding hydrogens is 227 g/mol. The van der Waals surface area contributed by atoms with Crippen LogP contribution in [0.3, 0.4) is 0 Å². The molecule has 1 atom stereocenters. The SMILES string of the molecule is CC[NH+](CC)CC[NH+](CC)Cc1cccc(F)c1. The minimum Gasteiger partial charge on any atom is -0.331 e. The van der Waals surface area contributed by atoms with Gasteiger partial charge in [0.15, 0.2) is 0 Å². The zero-order valence-electron chi connectivity index (χ0n) is 11.9. The molecule has 0 aliphatic carbocycles. The highest BCUT2D eigenvalue weighted by Crippen LogP contribution is 2.01. The van der Waals surface area contributed by atoms with E-state index >= 15 is 0 Å². The lowest BCUT2D eigenvalue weighted by molar-refractivity contribution is -0.962. The van der Waals surface area contributed by atoms with Crippen molar-refractivity contribution >= 4 is 0 Å². The Hall–Kier alpha value is -0.930. The summed E-state index contributed by atoms with van der Waals surface area (Å²) in [5.74, 6) is -0.127. The molecule has 1 aromatic rings. The third-order valence-electron chi connectivity index (χ3n) is 3.68. The first kappa shape index (κ1) is 15.1. The van der Waals surface area contributed by atoms with Gasteiger partial charge in [0.05, 0.1) is 19.6 Å². The van der Waals surface area contributed by atoms with Gasteiger partial charge in [0.2, 0.25) is 0 Å². The molecule has 0 amide bonds. The maximum absolute atomic E-state index is 13.1. The van der Waals surface area contributed by atoms with E-state index in [0.29, 0.717) is 0 Å². The molecule has 0 spiro atoms. The highest BCUT2D eigenvalue weighted by atomic mass is 19.1. The van der Waals surface area contributed by atoms with Gasteiger partial charge in [0.1, 0.15) is 25.5 Å². The molecule has 1 unspecified atom stereocenters. The molecular formula is C15H27FN2+2. The van der Waals surface area contributed by atoms with Gasteiger partial charge in [0, 0.05) is 5.56 Å². The van der Waals surface area contributed by atoms with Crippen molar-refractivity contribution in [3.05, 3.63) is 35.6 Å². The molecule has 0 heterocycles. The van der Waals surface area contributed by atoms with Crippen LogP contribution in [0.4, 0.5) is 4.39 Å². The predicted molar refractivity (Wildman–Crippen MR) is 73.4 cm³/mol. The highest BCUT2D eigenvalue weighted by Gasteiger charge is 2.11. The second-order valence-corrected chi connectivity index (χ2v) is 4.87. The molecule has 3 heteroatoms. The summed E-state index contributed by atoms with van der Waals surface area (Å²) in [5.41, 5.74) is 1.10. The fourth-order valence-electron chi connectivity index (χ4n) is 2.28. The molecule has 0 saturated carbocycles. The monoisotopic (exact) mass is 254 g/mol. The van der Waals surface area contributed by atoms with Crippen LogP contribution < -0.4 is 9.80 Å². The lowest BCUT2D eigenvalue weighted by Gasteiger charge is -2.21. The summed E-state index contributed by atoms with van der Waals surface area (Å²) < 4.78 is 13.1. The molecule has 0 saturated heterocycles. The van der Waals surface area contributed by atoms with Gasteiger partial charge in [-0.05, 0) is 32.9 Å². The summed E-state index contributed by atoms with van der Waals surface area (Å²) >= 11 is 0. The van der Waals surface area contributed by atoms with Gasteiger partial charge in [0.25, 0.3) is 0 Å². The number of likely N-dealkylation sites (N-methyl/N-ethyl adjacent to an activating group) is 2. The normalized spacial score (nSPS) is 12.9. The average molecular weight is 254 g/mol. The Balaban J connectivity index is 2.46. The number of benzene rings is 1. The van der Waals surface area contributed by atoms with Crippen molar-refractivity contribution in [3.63, 3.8) is 0 Å². The van der Waals surface area contributed by atoms with E-state index in [2.05, 4.69) is 20.8 Å². The molecule has 1 aromatic carbocycles. The van der Waals surface area contributed by atoms with Crippen molar-refractivity contribution in [1.82, 2.24) is 0 Å². The van der Waals surface area contributed by atoms with Gasteiger partial charge in [-0.25, -0.2) is 4.39 Å². The first-order valence-electron chi connectivity index (χ1n) is 7.11. The number of nitrogens with one attached hydrogen (secondary N) is 2. The van der Waals surface area contributed by atoms with Crippen molar-refractivity contribution < 1.29 is 14.2 Å². The Bertz CT molecular complexity index is 337. The van der Waals surface area contributed by atoms with E-state index in [9.17, 15) is 4.39 Å². The predicted octanol–water partition coefficient (Wildman–Crippen LogP) is 0.155. The first-order valence-corrected chi connectivity index (χ1v) is 7.11. The van der Waals surface area contributed by atoms with Gasteiger partial charge < -0.3 is 9.80 Å². The molecule has 2 nitrogen and oxygen atoms in total. The number of rotatable bonds is 8. The van der Waals surface area contributed by atoms with E-state index in [1.165, 1.54) is 30.6 Å². The topological polar surface area (TPSA) is 8.88 Å². The Morgan fingerprint density at radius 1 is 0.944 bits per heavy atom. The van der Waals surface area contributed by atoms with E-state index in [-0.39, 0.29) is 5.82 Å². The van der Waals surface area contributed by atoms with Crippen molar-refractivity contribution in [2.45, 2.75) is 27.3 Å². The van der Waals surface area contributed by atoms with Crippen LogP contribution in [0.5, 0.6) is 0 Å². The largest absolute Gasteiger partial charge is 0.331 e. The number of quaternary nitrogens is 2. The molecule has 0 aromatic heterocycles. The molecule has 0 bridgehead atoms. The number of hydrogen-bond donors (Lipinski definition) is 2. The van der Waals surface area contributed by atoms with Crippen LogP contribution in [-0.2, 0) is 6.54 Å². The average Bonchev–Trinajstić information content (AvgIpc) is 2.38. The van der Waals surface area contributed by atoms with E-state index in [4.69, 9.17) is 0 Å². The summed E-state index contributed by atoms with van der Waals surface area (Å²) in [6.45, 7) is 13.4. The van der Waals surface area contributed by atoms with Crippen LogP contribution in [0.2, 0.25) is 0 Å². The fraction of sp³-hybridized carbons (Fsp3) is 0.600. The minimum absolute atomic E-state index is 0.127. The summed E-state index contributed by atoms with van der Waals surface area (Å²) in [4.78, 5) is 3.17. The molecule has 0 aliphatic rings. The highest BCUT2D eigenvalue weighted by molar-refractivity contribution is 5.14. The molecule has 18 heavy (non-hydrogen) atoms. The second-order valence-electron chi connectivity index (χ2n) is 4.87. The summed E-state index contributed by atoms with van der Waals surface area (Å²) in [5, 5.41) is 0. The molecule has 0 aliphatic heterocycles. The van der Waals surface area contributed by atoms with E-state index in [0.717, 1.165) is 25.2 Å². The molecule has 0 radical (unpaired) electrons. The summed E-state index contributed by atoms with van der Waals surface area (Å²) in [7, 11) is 0. The maximum Gasteiger partial charge on any atom is 0.127 e. The lowest BCUT2D eigenvalue weighted by atomic mass is 10.2. The van der Waals surface area contributed by atoms with E-state index in [1.807, 2.05) is 6.07 Å². The van der Waals surface area contributed by atoms with Crippen LogP contribution in [0, 0.1) is 5.82 Å². The van der Waals surface area contributed by atoms with Crippen LogP contribution in [0.25, 0.3) is 0 Å². The van der Waals surface area contributed by atoms with Gasteiger partial charge in [-0.2, -0.15) is 0 Å². The van der Waals surface area contributed by atoms with Crippen molar-refractivity contribution in [2.24, 2.45) is 0 Å². The zero-order valence-corrected chi connectivity index (χ0v) is 11.9. The third kappa shape index (κ3) is 5.15. The molecule has 102 valence electrons. The van der Waals surface area contributed by atoms with Gasteiger partial charge in [-0.15, -0.1) is 0 Å². The molecule has 0 fully saturated rings. The summed E-state index contributed by atoms with van der Waals surface area (Å²) in [6.07, 6.45) is 0. The Morgan fingerprint density at radius 2 is 1.56 bits per heavy atom. The van der Waals surface area contributed by atoms with Gasteiger partial charge in [-0.1, -0.05) is 12.1 Å². The number of halogens is 1. The minimum atomic E-state index is -0.127. The van der Waals surface area contributed by atoms with Crippen molar-refractivity contribution in [2.75, 3.05) is 32.7 Å². The Morgan fingerprint density at radius 3 is 2.11 bits per heavy atom. The van der Waals surface area contributed by atoms with E-state index < -0.39 is 0 Å². The van der Waals surface area contributed by atoms with Gasteiger partial charge in [-0.3, -0.25) is 0 Å². The second kappa shape index (κ2) is 8.22. The van der Waals surface area contributed by atoms with Crippen LogP contribution in [-0.4, -0.2) is 32.7 Å². The van der Waals surface area contributed by atoms with Crippen LogP contribution in [0.15, 0.2) is 24.3 Å². The van der Waals surface area contributed by atoms with Gasteiger partial charge >= 0.3 is 0 Å². The molecule has 2 N–H and O–H groups in total. The lowest BCUT2D eigenvalue weighted by Crippen LogP contribution is -3.19. The summed E-state index contributed by atoms with van der Waals surface area (Å²) in [6, 6.07) is 6.98. The van der Waals surface area contributed by atoms with Crippen molar-refractivity contribution in [1.29, 1.82) is 0 Å². The van der Waals surface area contributed by atoms with Crippen LogP contribution in [0.1, 0.15) is 26.3 Å². The quantitative estimate of drug-likeness (QED) is 0.654. The van der Waals surface area contributed by atoms with Crippen LogP contribution >= 0.6 is 0 Å². The van der Waals surface area contributed by atoms with E-state index in [1.54, 1.807) is 17.0 Å². The number of hydrogen-bond acceptors (Lipinski definition) is 0. The smallest absolute Gasteiger partial charge is 0.127 e. The Kier molecular flexibility index (Phi) is 6.91. The Labute approximate surface area is 110 Å². The standard InChI is InChI=1S/C15H25FN2/c1-4-17(5-2)10-11-18(6-3)13-14-8-7-9-15(16)12-14/h7-9,12H,4-6,10-11,13H2,1-3H3/p+2. The third-order valence-corrected chi connectivity index (χ3v) is 3.68. The fourth-order valence-corrected chi connectivity index (χ4v) is 2.28. The van der Waals surface area contributed by atoms with Crippen molar-refractivity contribution in [3.8, 4) is 0 Å². The zero-order chi connectivity index (χ0) is 13.4. The molecule has 1 rings (SSSR count).